The molecule has 0 aliphatic rings. The molecule has 1 N–H and O–H groups in total. The van der Waals surface area contributed by atoms with Gasteiger partial charge in [0.25, 0.3) is 0 Å². The van der Waals surface area contributed by atoms with Gasteiger partial charge in [0.2, 0.25) is 5.56 Å². The summed E-state index contributed by atoms with van der Waals surface area (Å²) in [4.78, 5) is 13.6. The van der Waals surface area contributed by atoms with Crippen molar-refractivity contribution in [2.24, 2.45) is 0 Å². The molecule has 0 aliphatic carbocycles. The van der Waals surface area contributed by atoms with Crippen molar-refractivity contribution in [3.05, 3.63) is 34.2 Å². The zero-order valence-electron chi connectivity index (χ0n) is 7.39. The molecule has 65 valence electrons. The number of H-pyrrole nitrogens is 1. The molecule has 1 aromatic rings. The van der Waals surface area contributed by atoms with E-state index >= 15 is 0 Å². The van der Waals surface area contributed by atoms with Gasteiger partial charge >= 0.3 is 0 Å². The second kappa shape index (κ2) is 4.75. The van der Waals surface area contributed by atoms with Crippen molar-refractivity contribution in [3.63, 3.8) is 0 Å². The molecule has 0 bridgehead atoms. The highest BCUT2D eigenvalue weighted by molar-refractivity contribution is 5.01. The summed E-state index contributed by atoms with van der Waals surface area (Å²) in [5, 5.41) is 0. The first-order valence-electron chi connectivity index (χ1n) is 4.43. The molecule has 0 aliphatic heterocycles. The summed E-state index contributed by atoms with van der Waals surface area (Å²) >= 11 is 0. The smallest absolute Gasteiger partial charge is 0.248 e. The van der Waals surface area contributed by atoms with Gasteiger partial charge in [-0.25, -0.2) is 0 Å². The third-order valence-electron chi connectivity index (χ3n) is 1.80. The Kier molecular flexibility index (Phi) is 3.58. The number of unbranched alkanes of at least 4 members (excludes halogenated alkanes) is 2. The Labute approximate surface area is 72.6 Å². The maximum Gasteiger partial charge on any atom is 0.248 e. The summed E-state index contributed by atoms with van der Waals surface area (Å²) < 4.78 is 0. The molecule has 0 fully saturated rings. The summed E-state index contributed by atoms with van der Waals surface area (Å²) in [7, 11) is 0. The molecule has 0 unspecified atom stereocenters. The largest absolute Gasteiger partial charge is 0.326 e. The number of nitrogens with one attached hydrogen (secondary N) is 1. The molecule has 12 heavy (non-hydrogen) atoms. The normalized spacial score (nSPS) is 10.1. The third-order valence-corrected chi connectivity index (χ3v) is 1.80. The van der Waals surface area contributed by atoms with Crippen LogP contribution in [0.2, 0.25) is 0 Å². The van der Waals surface area contributed by atoms with E-state index in [1.165, 1.54) is 18.9 Å². The number of aryl methyl sites for hydroxylation is 1. The Morgan fingerprint density at radius 3 is 3.00 bits per heavy atom. The van der Waals surface area contributed by atoms with Crippen LogP contribution in [0.3, 0.4) is 0 Å². The fraction of sp³-hybridized carbons (Fsp3) is 0.500. The SMILES string of the molecule is CCCCCc1[c]ccc(=O)[nH]1. The van der Waals surface area contributed by atoms with E-state index in [4.69, 9.17) is 0 Å². The lowest BCUT2D eigenvalue weighted by Gasteiger charge is -1.97. The first-order valence-corrected chi connectivity index (χ1v) is 4.43. The lowest BCUT2D eigenvalue weighted by atomic mass is 10.1. The lowest BCUT2D eigenvalue weighted by Crippen LogP contribution is -2.06. The summed E-state index contributed by atoms with van der Waals surface area (Å²) in [5.41, 5.74) is 0.899. The monoisotopic (exact) mass is 164 g/mol. The van der Waals surface area contributed by atoms with E-state index in [1.807, 2.05) is 0 Å². The average molecular weight is 164 g/mol. The van der Waals surface area contributed by atoms with Crippen LogP contribution in [0.5, 0.6) is 0 Å². The molecule has 0 saturated heterocycles. The summed E-state index contributed by atoms with van der Waals surface area (Å²) in [6, 6.07) is 6.18. The van der Waals surface area contributed by atoms with E-state index in [0.29, 0.717) is 0 Å². The molecule has 0 spiro atoms. The van der Waals surface area contributed by atoms with Crippen LogP contribution in [0.15, 0.2) is 16.9 Å². The first kappa shape index (κ1) is 9.04. The van der Waals surface area contributed by atoms with Crippen molar-refractivity contribution >= 4 is 0 Å². The maximum absolute atomic E-state index is 10.8. The van der Waals surface area contributed by atoms with Crippen LogP contribution >= 0.6 is 0 Å². The zero-order chi connectivity index (χ0) is 8.81. The highest BCUT2D eigenvalue weighted by Crippen LogP contribution is 2.00. The number of pyridine rings is 1. The van der Waals surface area contributed by atoms with Gasteiger partial charge in [-0.05, 0) is 18.9 Å². The first-order chi connectivity index (χ1) is 5.83. The number of rotatable bonds is 4. The summed E-state index contributed by atoms with van der Waals surface area (Å²) in [5.74, 6) is 0. The van der Waals surface area contributed by atoms with Crippen molar-refractivity contribution in [2.45, 2.75) is 32.6 Å². The van der Waals surface area contributed by atoms with Gasteiger partial charge in [-0.2, -0.15) is 0 Å². The molecule has 0 atom stereocenters. The summed E-state index contributed by atoms with van der Waals surface area (Å²) in [6.45, 7) is 2.16. The number of hydrogen-bond donors (Lipinski definition) is 1. The second-order valence-corrected chi connectivity index (χ2v) is 2.90. The fourth-order valence-electron chi connectivity index (χ4n) is 1.13. The van der Waals surface area contributed by atoms with Gasteiger partial charge in [0.05, 0.1) is 0 Å². The number of aromatic amines is 1. The van der Waals surface area contributed by atoms with Gasteiger partial charge in [-0.15, -0.1) is 0 Å². The van der Waals surface area contributed by atoms with E-state index in [2.05, 4.69) is 18.0 Å². The molecule has 0 aromatic carbocycles. The third kappa shape index (κ3) is 2.91. The Balaban J connectivity index is 2.47. The zero-order valence-corrected chi connectivity index (χ0v) is 7.39. The standard InChI is InChI=1S/C10H14NO/c1-2-3-4-6-9-7-5-8-10(12)11-9/h5,8H,2-4,6H2,1H3,(H,11,12). The Hall–Kier alpha value is -1.05. The van der Waals surface area contributed by atoms with E-state index in [-0.39, 0.29) is 5.56 Å². The molecule has 2 heteroatoms. The predicted octanol–water partition coefficient (Wildman–Crippen LogP) is 1.91. The van der Waals surface area contributed by atoms with Crippen molar-refractivity contribution < 1.29 is 0 Å². The minimum absolute atomic E-state index is 0.0275. The van der Waals surface area contributed by atoms with Crippen molar-refractivity contribution in [1.29, 1.82) is 0 Å². The van der Waals surface area contributed by atoms with E-state index in [0.717, 1.165) is 18.5 Å². The fourth-order valence-corrected chi connectivity index (χ4v) is 1.13. The van der Waals surface area contributed by atoms with Crippen molar-refractivity contribution in [1.82, 2.24) is 4.98 Å². The van der Waals surface area contributed by atoms with Gasteiger partial charge in [0, 0.05) is 17.8 Å². The molecule has 1 radical (unpaired) electrons. The minimum atomic E-state index is -0.0275. The lowest BCUT2D eigenvalue weighted by molar-refractivity contribution is 0.705. The molecule has 1 heterocycles. The minimum Gasteiger partial charge on any atom is -0.326 e. The van der Waals surface area contributed by atoms with Crippen molar-refractivity contribution in [3.8, 4) is 0 Å². The van der Waals surface area contributed by atoms with E-state index in [9.17, 15) is 4.79 Å². The predicted molar refractivity (Wildman–Crippen MR) is 49.1 cm³/mol. The second-order valence-electron chi connectivity index (χ2n) is 2.90. The van der Waals surface area contributed by atoms with Crippen LogP contribution in [0.25, 0.3) is 0 Å². The molecular weight excluding hydrogens is 150 g/mol. The Morgan fingerprint density at radius 1 is 1.50 bits per heavy atom. The molecule has 0 saturated carbocycles. The van der Waals surface area contributed by atoms with Crippen LogP contribution in [-0.4, -0.2) is 4.98 Å². The van der Waals surface area contributed by atoms with Gasteiger partial charge in [-0.1, -0.05) is 19.8 Å². The topological polar surface area (TPSA) is 32.9 Å². The number of aromatic nitrogens is 1. The molecular formula is C10H14NO. The molecule has 2 nitrogen and oxygen atoms in total. The molecule has 1 aromatic heterocycles. The van der Waals surface area contributed by atoms with Crippen LogP contribution in [0, 0.1) is 6.07 Å². The average Bonchev–Trinajstić information content (AvgIpc) is 2.05. The summed E-state index contributed by atoms with van der Waals surface area (Å²) in [6.07, 6.45) is 4.48. The van der Waals surface area contributed by atoms with Gasteiger partial charge in [0.1, 0.15) is 0 Å². The van der Waals surface area contributed by atoms with Crippen LogP contribution in [-0.2, 0) is 6.42 Å². The van der Waals surface area contributed by atoms with Gasteiger partial charge in [-0.3, -0.25) is 4.79 Å². The quantitative estimate of drug-likeness (QED) is 0.677. The highest BCUT2D eigenvalue weighted by Gasteiger charge is 1.92. The molecule has 1 rings (SSSR count). The number of hydrogen-bond acceptors (Lipinski definition) is 1. The molecule has 0 amide bonds. The van der Waals surface area contributed by atoms with Gasteiger partial charge in [0.15, 0.2) is 0 Å². The van der Waals surface area contributed by atoms with E-state index < -0.39 is 0 Å². The van der Waals surface area contributed by atoms with Gasteiger partial charge < -0.3 is 4.98 Å². The Bertz CT molecular complexity index is 277. The van der Waals surface area contributed by atoms with E-state index in [1.54, 1.807) is 6.07 Å². The van der Waals surface area contributed by atoms with Crippen LogP contribution < -0.4 is 5.56 Å². The van der Waals surface area contributed by atoms with Crippen LogP contribution in [0.1, 0.15) is 31.9 Å². The highest BCUT2D eigenvalue weighted by atomic mass is 16.1. The van der Waals surface area contributed by atoms with Crippen LogP contribution in [0.4, 0.5) is 0 Å². The Morgan fingerprint density at radius 2 is 2.33 bits per heavy atom. The van der Waals surface area contributed by atoms with Crippen molar-refractivity contribution in [2.75, 3.05) is 0 Å². The maximum atomic E-state index is 10.8.